The van der Waals surface area contributed by atoms with Crippen molar-refractivity contribution in [3.63, 3.8) is 0 Å². The molecular weight excluding hydrogens is 248 g/mol. The van der Waals surface area contributed by atoms with Crippen LogP contribution in [-0.4, -0.2) is 36.6 Å². The first kappa shape index (κ1) is 11.8. The molecule has 6 heteroatoms. The Morgan fingerprint density at radius 3 is 2.95 bits per heavy atom. The molecule has 1 aromatic rings. The van der Waals surface area contributed by atoms with Gasteiger partial charge in [-0.25, -0.2) is 0 Å². The minimum absolute atomic E-state index is 0.0424. The number of nitrogens with one attached hydrogen (secondary N) is 1. The third kappa shape index (κ3) is 2.47. The molecule has 6 nitrogen and oxygen atoms in total. The fraction of sp³-hybridized carbons (Fsp3) is 0.385. The number of benzene rings is 1. The number of nitrogens with zero attached hydrogens (tertiary/aromatic N) is 1. The Labute approximate surface area is 110 Å². The molecule has 0 saturated carbocycles. The van der Waals surface area contributed by atoms with Gasteiger partial charge in [0, 0.05) is 24.7 Å². The van der Waals surface area contributed by atoms with Crippen molar-refractivity contribution in [1.29, 1.82) is 0 Å². The van der Waals surface area contributed by atoms with Crippen molar-refractivity contribution in [3.05, 3.63) is 18.2 Å². The van der Waals surface area contributed by atoms with E-state index in [4.69, 9.17) is 9.47 Å². The molecule has 1 fully saturated rings. The number of carbonyl (C=O) groups is 2. The van der Waals surface area contributed by atoms with Gasteiger partial charge >= 0.3 is 0 Å². The number of carbonyl (C=O) groups excluding carboxylic acids is 2. The zero-order chi connectivity index (χ0) is 13.2. The number of likely N-dealkylation sites (tertiary alicyclic amines) is 1. The minimum Gasteiger partial charge on any atom is -0.454 e. The maximum atomic E-state index is 11.8. The first-order chi connectivity index (χ1) is 9.22. The fourth-order valence-corrected chi connectivity index (χ4v) is 2.22. The highest BCUT2D eigenvalue weighted by Crippen LogP contribution is 2.34. The van der Waals surface area contributed by atoms with Gasteiger partial charge in [-0.15, -0.1) is 0 Å². The second-order valence-corrected chi connectivity index (χ2v) is 4.54. The van der Waals surface area contributed by atoms with Gasteiger partial charge in [0.25, 0.3) is 0 Å². The third-order valence-corrected chi connectivity index (χ3v) is 3.16. The van der Waals surface area contributed by atoms with E-state index in [2.05, 4.69) is 5.32 Å². The van der Waals surface area contributed by atoms with Gasteiger partial charge in [0.1, 0.15) is 0 Å². The molecule has 1 N–H and O–H groups in total. The van der Waals surface area contributed by atoms with Crippen molar-refractivity contribution < 1.29 is 19.1 Å². The van der Waals surface area contributed by atoms with Crippen LogP contribution in [0.25, 0.3) is 0 Å². The van der Waals surface area contributed by atoms with Gasteiger partial charge < -0.3 is 19.7 Å². The largest absolute Gasteiger partial charge is 0.454 e. The molecule has 1 saturated heterocycles. The van der Waals surface area contributed by atoms with E-state index in [1.807, 2.05) is 0 Å². The highest BCUT2D eigenvalue weighted by molar-refractivity contribution is 5.95. The molecule has 0 atom stereocenters. The van der Waals surface area contributed by atoms with Gasteiger partial charge in [-0.3, -0.25) is 9.59 Å². The van der Waals surface area contributed by atoms with Crippen molar-refractivity contribution >= 4 is 17.5 Å². The van der Waals surface area contributed by atoms with Gasteiger partial charge in [0.2, 0.25) is 18.6 Å². The van der Waals surface area contributed by atoms with Gasteiger partial charge in [-0.1, -0.05) is 0 Å². The molecule has 2 amide bonds. The smallest absolute Gasteiger partial charge is 0.243 e. The van der Waals surface area contributed by atoms with E-state index in [9.17, 15) is 9.59 Å². The highest BCUT2D eigenvalue weighted by Gasteiger charge is 2.22. The molecule has 100 valence electrons. The number of rotatable bonds is 3. The summed E-state index contributed by atoms with van der Waals surface area (Å²) in [4.78, 5) is 24.8. The summed E-state index contributed by atoms with van der Waals surface area (Å²) in [6.07, 6.45) is 1.37. The van der Waals surface area contributed by atoms with Crippen LogP contribution in [0.15, 0.2) is 18.2 Å². The molecular formula is C13H14N2O4. The summed E-state index contributed by atoms with van der Waals surface area (Å²) in [5.74, 6) is 1.14. The summed E-state index contributed by atoms with van der Waals surface area (Å²) < 4.78 is 10.4. The number of hydrogen-bond acceptors (Lipinski definition) is 4. The Morgan fingerprint density at radius 1 is 1.32 bits per heavy atom. The van der Waals surface area contributed by atoms with Crippen molar-refractivity contribution in [1.82, 2.24) is 4.90 Å². The molecule has 0 spiro atoms. The predicted octanol–water partition coefficient (Wildman–Crippen LogP) is 0.976. The Morgan fingerprint density at radius 2 is 2.16 bits per heavy atom. The summed E-state index contributed by atoms with van der Waals surface area (Å²) in [6.45, 7) is 0.968. The van der Waals surface area contributed by atoms with Crippen LogP contribution in [0, 0.1) is 0 Å². The van der Waals surface area contributed by atoms with E-state index in [-0.39, 0.29) is 25.2 Å². The molecule has 0 radical (unpaired) electrons. The van der Waals surface area contributed by atoms with Crippen molar-refractivity contribution in [2.45, 2.75) is 12.8 Å². The number of hydrogen-bond donors (Lipinski definition) is 1. The molecule has 2 aliphatic rings. The van der Waals surface area contributed by atoms with Crippen LogP contribution in [-0.2, 0) is 9.59 Å². The van der Waals surface area contributed by atoms with Crippen LogP contribution >= 0.6 is 0 Å². The zero-order valence-electron chi connectivity index (χ0n) is 10.3. The minimum atomic E-state index is -0.200. The lowest BCUT2D eigenvalue weighted by atomic mass is 10.2. The van der Waals surface area contributed by atoms with Crippen LogP contribution in [0.1, 0.15) is 12.8 Å². The molecule has 19 heavy (non-hydrogen) atoms. The van der Waals surface area contributed by atoms with Crippen LogP contribution in [0.2, 0.25) is 0 Å². The van der Waals surface area contributed by atoms with E-state index in [0.717, 1.165) is 6.42 Å². The summed E-state index contributed by atoms with van der Waals surface area (Å²) in [6, 6.07) is 5.21. The molecule has 0 unspecified atom stereocenters. The first-order valence-corrected chi connectivity index (χ1v) is 6.20. The molecule has 3 rings (SSSR count). The van der Waals surface area contributed by atoms with E-state index in [1.54, 1.807) is 23.1 Å². The van der Waals surface area contributed by atoms with Crippen molar-refractivity contribution in [2.75, 3.05) is 25.2 Å². The van der Waals surface area contributed by atoms with Crippen LogP contribution in [0.3, 0.4) is 0 Å². The lowest BCUT2D eigenvalue weighted by molar-refractivity contribution is -0.131. The maximum absolute atomic E-state index is 11.8. The van der Waals surface area contributed by atoms with E-state index >= 15 is 0 Å². The Kier molecular flexibility index (Phi) is 2.98. The first-order valence-electron chi connectivity index (χ1n) is 6.20. The molecule has 0 bridgehead atoms. The Hall–Kier alpha value is -2.24. The van der Waals surface area contributed by atoms with Crippen LogP contribution in [0.4, 0.5) is 5.69 Å². The molecule has 2 heterocycles. The lowest BCUT2D eigenvalue weighted by Crippen LogP contribution is -2.33. The Balaban J connectivity index is 1.61. The monoisotopic (exact) mass is 262 g/mol. The van der Waals surface area contributed by atoms with Crippen LogP contribution < -0.4 is 14.8 Å². The topological polar surface area (TPSA) is 67.9 Å². The molecule has 0 aromatic heterocycles. The zero-order valence-corrected chi connectivity index (χ0v) is 10.3. The summed E-state index contributed by atoms with van der Waals surface area (Å²) in [7, 11) is 0. The second kappa shape index (κ2) is 4.79. The average molecular weight is 262 g/mol. The van der Waals surface area contributed by atoms with Crippen LogP contribution in [0.5, 0.6) is 11.5 Å². The van der Waals surface area contributed by atoms with E-state index < -0.39 is 0 Å². The van der Waals surface area contributed by atoms with Gasteiger partial charge in [-0.05, 0) is 18.6 Å². The van der Waals surface area contributed by atoms with E-state index in [1.165, 1.54) is 0 Å². The number of amides is 2. The highest BCUT2D eigenvalue weighted by atomic mass is 16.7. The standard InChI is InChI=1S/C13H14N2O4/c16-12(7-15-5-1-2-13(15)17)14-9-3-4-10-11(6-9)19-8-18-10/h3-4,6H,1-2,5,7-8H2,(H,14,16). The molecule has 2 aliphatic heterocycles. The van der Waals surface area contributed by atoms with Gasteiger partial charge in [0.15, 0.2) is 11.5 Å². The quantitative estimate of drug-likeness (QED) is 0.881. The van der Waals surface area contributed by atoms with Gasteiger partial charge in [-0.2, -0.15) is 0 Å². The number of fused-ring (bicyclic) bond motifs is 1. The lowest BCUT2D eigenvalue weighted by Gasteiger charge is -2.15. The fourth-order valence-electron chi connectivity index (χ4n) is 2.22. The molecule has 1 aromatic carbocycles. The van der Waals surface area contributed by atoms with E-state index in [0.29, 0.717) is 30.2 Å². The third-order valence-electron chi connectivity index (χ3n) is 3.16. The SMILES string of the molecule is O=C(CN1CCCC1=O)Nc1ccc2c(c1)OCO2. The second-order valence-electron chi connectivity index (χ2n) is 4.54. The van der Waals surface area contributed by atoms with Gasteiger partial charge in [0.05, 0.1) is 6.54 Å². The number of ether oxygens (including phenoxy) is 2. The predicted molar refractivity (Wildman–Crippen MR) is 67.0 cm³/mol. The molecule has 0 aliphatic carbocycles. The van der Waals surface area contributed by atoms with Crippen molar-refractivity contribution in [2.24, 2.45) is 0 Å². The summed E-state index contributed by atoms with van der Waals surface area (Å²) >= 11 is 0. The summed E-state index contributed by atoms with van der Waals surface area (Å²) in [5, 5.41) is 2.75. The Bertz CT molecular complexity index is 529. The van der Waals surface area contributed by atoms with Crippen molar-refractivity contribution in [3.8, 4) is 11.5 Å². The summed E-state index contributed by atoms with van der Waals surface area (Å²) in [5.41, 5.74) is 0.640. The maximum Gasteiger partial charge on any atom is 0.243 e. The average Bonchev–Trinajstić information content (AvgIpc) is 2.98. The normalized spacial score (nSPS) is 16.8. The number of anilines is 1.